The quantitative estimate of drug-likeness (QED) is 0.234. The average Bonchev–Trinajstić information content (AvgIpc) is 2.82. The molecule has 0 aliphatic heterocycles. The molecule has 0 spiro atoms. The molecule has 4 aromatic carbocycles. The predicted molar refractivity (Wildman–Crippen MR) is 127 cm³/mol. The predicted octanol–water partition coefficient (Wildman–Crippen LogP) is 7.57. The molecule has 0 saturated carbocycles. The Morgan fingerprint density at radius 2 is 1.35 bits per heavy atom. The highest BCUT2D eigenvalue weighted by Gasteiger charge is 2.10. The number of esters is 1. The monoisotopic (exact) mass is 426 g/mol. The molecule has 0 aromatic heterocycles. The van der Waals surface area contributed by atoms with Gasteiger partial charge in [-0.2, -0.15) is 0 Å². The van der Waals surface area contributed by atoms with Crippen LogP contribution in [0.2, 0.25) is 5.02 Å². The Bertz CT molecular complexity index is 1130. The Morgan fingerprint density at radius 3 is 1.97 bits per heavy atom. The molecule has 0 radical (unpaired) electrons. The summed E-state index contributed by atoms with van der Waals surface area (Å²) in [6.45, 7) is 2.26. The summed E-state index contributed by atoms with van der Waals surface area (Å²) in [4.78, 5) is 12.4. The number of halogens is 1. The van der Waals surface area contributed by atoms with Crippen LogP contribution in [0.25, 0.3) is 11.1 Å². The lowest BCUT2D eigenvalue weighted by atomic mass is 9.93. The van der Waals surface area contributed by atoms with Gasteiger partial charge in [0.15, 0.2) is 0 Å². The second-order valence-electron chi connectivity index (χ2n) is 7.63. The molecular weight excluding hydrogens is 404 g/mol. The molecule has 0 heterocycles. The molecule has 1 atom stereocenters. The molecule has 0 N–H and O–H groups in total. The highest BCUT2D eigenvalue weighted by atomic mass is 35.5. The van der Waals surface area contributed by atoms with Gasteiger partial charge in [0.2, 0.25) is 0 Å². The SMILES string of the molecule is C[C@H](Cc1ccc(-c2ccc(C(=O)Oc3ccc(Cl)cc3)cc2)cc1)c1ccccc1. The topological polar surface area (TPSA) is 26.3 Å². The van der Waals surface area contributed by atoms with Crippen LogP contribution in [0, 0.1) is 0 Å². The Balaban J connectivity index is 1.40. The van der Waals surface area contributed by atoms with Gasteiger partial charge in [0.1, 0.15) is 5.75 Å². The van der Waals surface area contributed by atoms with Gasteiger partial charge in [0.05, 0.1) is 5.56 Å². The molecule has 0 bridgehead atoms. The molecule has 4 aromatic rings. The molecule has 0 saturated heterocycles. The normalized spacial score (nSPS) is 11.7. The van der Waals surface area contributed by atoms with E-state index in [2.05, 4.69) is 55.5 Å². The summed E-state index contributed by atoms with van der Waals surface area (Å²) in [5, 5.41) is 0.602. The summed E-state index contributed by atoms with van der Waals surface area (Å²) in [6, 6.07) is 33.4. The van der Waals surface area contributed by atoms with Crippen LogP contribution >= 0.6 is 11.6 Å². The van der Waals surface area contributed by atoms with Gasteiger partial charge in [0, 0.05) is 5.02 Å². The zero-order chi connectivity index (χ0) is 21.6. The number of benzene rings is 4. The molecule has 0 unspecified atom stereocenters. The Hall–Kier alpha value is -3.36. The molecule has 4 rings (SSSR count). The fourth-order valence-electron chi connectivity index (χ4n) is 3.55. The van der Waals surface area contributed by atoms with Crippen LogP contribution in [0.15, 0.2) is 103 Å². The second-order valence-corrected chi connectivity index (χ2v) is 8.07. The van der Waals surface area contributed by atoms with Crippen molar-refractivity contribution in [2.45, 2.75) is 19.3 Å². The van der Waals surface area contributed by atoms with E-state index in [1.54, 1.807) is 36.4 Å². The maximum atomic E-state index is 12.4. The maximum absolute atomic E-state index is 12.4. The van der Waals surface area contributed by atoms with Crippen molar-refractivity contribution >= 4 is 17.6 Å². The van der Waals surface area contributed by atoms with E-state index in [1.807, 2.05) is 18.2 Å². The fraction of sp³-hybridized carbons (Fsp3) is 0.107. The first-order chi connectivity index (χ1) is 15.1. The standard InChI is InChI=1S/C28H23ClO2/c1-20(22-5-3-2-4-6-22)19-21-7-9-23(10-8-21)24-11-13-25(14-12-24)28(30)31-27-17-15-26(29)16-18-27/h2-18,20H,19H2,1H3/t20-/m1/s1. The highest BCUT2D eigenvalue weighted by molar-refractivity contribution is 6.30. The van der Waals surface area contributed by atoms with E-state index in [9.17, 15) is 4.79 Å². The number of hydrogen-bond donors (Lipinski definition) is 0. The molecule has 154 valence electrons. The summed E-state index contributed by atoms with van der Waals surface area (Å²) < 4.78 is 5.39. The van der Waals surface area contributed by atoms with Crippen molar-refractivity contribution in [1.29, 1.82) is 0 Å². The zero-order valence-electron chi connectivity index (χ0n) is 17.3. The third-order valence-corrected chi connectivity index (χ3v) is 5.59. The van der Waals surface area contributed by atoms with E-state index in [1.165, 1.54) is 11.1 Å². The van der Waals surface area contributed by atoms with Crippen molar-refractivity contribution in [1.82, 2.24) is 0 Å². The summed E-state index contributed by atoms with van der Waals surface area (Å²) in [7, 11) is 0. The van der Waals surface area contributed by atoms with Crippen LogP contribution < -0.4 is 4.74 Å². The Kier molecular flexibility index (Phi) is 6.49. The van der Waals surface area contributed by atoms with Crippen molar-refractivity contribution < 1.29 is 9.53 Å². The van der Waals surface area contributed by atoms with Crippen LogP contribution in [0.4, 0.5) is 0 Å². The van der Waals surface area contributed by atoms with E-state index in [0.29, 0.717) is 22.3 Å². The first kappa shape index (κ1) is 20.9. The number of rotatable bonds is 6. The molecule has 0 aliphatic carbocycles. The molecule has 31 heavy (non-hydrogen) atoms. The highest BCUT2D eigenvalue weighted by Crippen LogP contribution is 2.24. The lowest BCUT2D eigenvalue weighted by molar-refractivity contribution is 0.0735. The van der Waals surface area contributed by atoms with Crippen molar-refractivity contribution in [2.24, 2.45) is 0 Å². The van der Waals surface area contributed by atoms with E-state index >= 15 is 0 Å². The summed E-state index contributed by atoms with van der Waals surface area (Å²) in [5.74, 6) is 0.552. The summed E-state index contributed by atoms with van der Waals surface area (Å²) >= 11 is 5.86. The third kappa shape index (κ3) is 5.42. The van der Waals surface area contributed by atoms with Crippen LogP contribution in [0.5, 0.6) is 5.75 Å². The maximum Gasteiger partial charge on any atom is 0.343 e. The van der Waals surface area contributed by atoms with Crippen LogP contribution in [-0.4, -0.2) is 5.97 Å². The second kappa shape index (κ2) is 9.63. The van der Waals surface area contributed by atoms with Gasteiger partial charge in [-0.3, -0.25) is 0 Å². The number of carbonyl (C=O) groups is 1. The van der Waals surface area contributed by atoms with Gasteiger partial charge in [-0.05, 0) is 71.0 Å². The van der Waals surface area contributed by atoms with Crippen LogP contribution in [-0.2, 0) is 6.42 Å². The molecule has 0 aliphatic rings. The van der Waals surface area contributed by atoms with Crippen molar-refractivity contribution in [3.8, 4) is 16.9 Å². The zero-order valence-corrected chi connectivity index (χ0v) is 18.0. The van der Waals surface area contributed by atoms with Gasteiger partial charge >= 0.3 is 5.97 Å². The number of ether oxygens (including phenoxy) is 1. The fourth-order valence-corrected chi connectivity index (χ4v) is 3.68. The van der Waals surface area contributed by atoms with Crippen molar-refractivity contribution in [2.75, 3.05) is 0 Å². The van der Waals surface area contributed by atoms with E-state index in [-0.39, 0.29) is 5.97 Å². The first-order valence-electron chi connectivity index (χ1n) is 10.3. The minimum Gasteiger partial charge on any atom is -0.423 e. The van der Waals surface area contributed by atoms with Gasteiger partial charge in [0.25, 0.3) is 0 Å². The molecule has 2 nitrogen and oxygen atoms in total. The number of carbonyl (C=O) groups excluding carboxylic acids is 1. The van der Waals surface area contributed by atoms with E-state index in [4.69, 9.17) is 16.3 Å². The third-order valence-electron chi connectivity index (χ3n) is 5.34. The first-order valence-corrected chi connectivity index (χ1v) is 10.7. The summed E-state index contributed by atoms with van der Waals surface area (Å²) in [6.07, 6.45) is 1.000. The van der Waals surface area contributed by atoms with Crippen LogP contribution in [0.1, 0.15) is 34.3 Å². The molecule has 3 heteroatoms. The summed E-state index contributed by atoms with van der Waals surface area (Å²) in [5.41, 5.74) is 5.35. The Morgan fingerprint density at radius 1 is 0.774 bits per heavy atom. The molecule has 0 amide bonds. The van der Waals surface area contributed by atoms with Crippen LogP contribution in [0.3, 0.4) is 0 Å². The molecule has 0 fully saturated rings. The lowest BCUT2D eigenvalue weighted by Crippen LogP contribution is -2.08. The van der Waals surface area contributed by atoms with Gasteiger partial charge in [-0.1, -0.05) is 85.3 Å². The minimum atomic E-state index is -0.390. The van der Waals surface area contributed by atoms with Crippen molar-refractivity contribution in [3.05, 3.63) is 125 Å². The Labute approximate surface area is 188 Å². The van der Waals surface area contributed by atoms with Gasteiger partial charge in [-0.15, -0.1) is 0 Å². The molecular formula is C28H23ClO2. The lowest BCUT2D eigenvalue weighted by Gasteiger charge is -2.12. The van der Waals surface area contributed by atoms with Gasteiger partial charge in [-0.25, -0.2) is 4.79 Å². The smallest absolute Gasteiger partial charge is 0.343 e. The van der Waals surface area contributed by atoms with E-state index in [0.717, 1.165) is 17.5 Å². The number of hydrogen-bond acceptors (Lipinski definition) is 2. The van der Waals surface area contributed by atoms with Crippen molar-refractivity contribution in [3.63, 3.8) is 0 Å². The minimum absolute atomic E-state index is 0.390. The largest absolute Gasteiger partial charge is 0.423 e. The van der Waals surface area contributed by atoms with Gasteiger partial charge < -0.3 is 4.74 Å². The van der Waals surface area contributed by atoms with E-state index < -0.39 is 0 Å². The average molecular weight is 427 g/mol.